The van der Waals surface area contributed by atoms with E-state index in [1.165, 1.54) is 6.07 Å². The molecule has 0 fully saturated rings. The molecule has 0 spiro atoms. The molecular formula is C13H21FN2S. The Labute approximate surface area is 107 Å². The van der Waals surface area contributed by atoms with Gasteiger partial charge in [0, 0.05) is 29.3 Å². The van der Waals surface area contributed by atoms with E-state index in [9.17, 15) is 4.39 Å². The van der Waals surface area contributed by atoms with Crippen LogP contribution in [0.1, 0.15) is 19.4 Å². The highest BCUT2D eigenvalue weighted by Gasteiger charge is 2.07. The summed E-state index contributed by atoms with van der Waals surface area (Å²) in [6.07, 6.45) is 0. The smallest absolute Gasteiger partial charge is 0.128 e. The largest absolute Gasteiger partial charge is 0.326 e. The van der Waals surface area contributed by atoms with E-state index < -0.39 is 0 Å². The van der Waals surface area contributed by atoms with Crippen LogP contribution >= 0.6 is 11.8 Å². The minimum absolute atomic E-state index is 0.194. The topological polar surface area (TPSA) is 29.3 Å². The summed E-state index contributed by atoms with van der Waals surface area (Å²) in [5.41, 5.74) is 6.21. The summed E-state index contributed by atoms with van der Waals surface area (Å²) in [4.78, 5) is 3.33. The number of benzene rings is 1. The fourth-order valence-corrected chi connectivity index (χ4v) is 2.80. The standard InChI is InChI=1S/C13H21FN2S/c1-3-16(4-2)8-9-17-13-7-5-6-12(14)11(13)10-15/h5-7H,3-4,8-10,15H2,1-2H3. The lowest BCUT2D eigenvalue weighted by molar-refractivity contribution is 0.324. The summed E-state index contributed by atoms with van der Waals surface area (Å²) in [7, 11) is 0. The Bertz CT molecular complexity index is 340. The van der Waals surface area contributed by atoms with Gasteiger partial charge in [-0.2, -0.15) is 0 Å². The Kier molecular flexibility index (Phi) is 6.55. The molecule has 0 saturated heterocycles. The van der Waals surface area contributed by atoms with Gasteiger partial charge in [0.1, 0.15) is 5.82 Å². The molecular weight excluding hydrogens is 235 g/mol. The van der Waals surface area contributed by atoms with Crippen molar-refractivity contribution in [1.29, 1.82) is 0 Å². The fraction of sp³-hybridized carbons (Fsp3) is 0.538. The summed E-state index contributed by atoms with van der Waals surface area (Å²) in [6, 6.07) is 5.16. The summed E-state index contributed by atoms with van der Waals surface area (Å²) in [5.74, 6) is 0.776. The molecule has 1 aromatic rings. The first kappa shape index (κ1) is 14.5. The third-order valence-electron chi connectivity index (χ3n) is 2.84. The third-order valence-corrected chi connectivity index (χ3v) is 3.92. The molecule has 0 heterocycles. The van der Waals surface area contributed by atoms with Crippen molar-refractivity contribution >= 4 is 11.8 Å². The average Bonchev–Trinajstić information content (AvgIpc) is 2.35. The highest BCUT2D eigenvalue weighted by molar-refractivity contribution is 7.99. The lowest BCUT2D eigenvalue weighted by atomic mass is 10.2. The van der Waals surface area contributed by atoms with Gasteiger partial charge in [0.15, 0.2) is 0 Å². The molecule has 2 nitrogen and oxygen atoms in total. The second-order valence-electron chi connectivity index (χ2n) is 3.80. The Balaban J connectivity index is 2.54. The number of hydrogen-bond donors (Lipinski definition) is 1. The molecule has 96 valence electrons. The summed E-state index contributed by atoms with van der Waals surface area (Å²) in [6.45, 7) is 7.72. The number of nitrogens with zero attached hydrogens (tertiary/aromatic N) is 1. The Morgan fingerprint density at radius 3 is 2.59 bits per heavy atom. The van der Waals surface area contributed by atoms with Gasteiger partial charge in [-0.05, 0) is 25.2 Å². The molecule has 0 saturated carbocycles. The normalized spacial score (nSPS) is 11.1. The van der Waals surface area contributed by atoms with E-state index in [4.69, 9.17) is 5.73 Å². The van der Waals surface area contributed by atoms with E-state index in [0.717, 1.165) is 30.3 Å². The van der Waals surface area contributed by atoms with Crippen molar-refractivity contribution in [1.82, 2.24) is 4.90 Å². The van der Waals surface area contributed by atoms with Crippen LogP contribution in [0.15, 0.2) is 23.1 Å². The van der Waals surface area contributed by atoms with E-state index >= 15 is 0 Å². The molecule has 0 amide bonds. The monoisotopic (exact) mass is 256 g/mol. The number of halogens is 1. The zero-order chi connectivity index (χ0) is 12.7. The number of nitrogens with two attached hydrogens (primary N) is 1. The van der Waals surface area contributed by atoms with Crippen molar-refractivity contribution in [2.24, 2.45) is 5.73 Å². The highest BCUT2D eigenvalue weighted by atomic mass is 32.2. The van der Waals surface area contributed by atoms with Gasteiger partial charge in [0.25, 0.3) is 0 Å². The van der Waals surface area contributed by atoms with Gasteiger partial charge in [-0.25, -0.2) is 4.39 Å². The number of rotatable bonds is 7. The van der Waals surface area contributed by atoms with Crippen LogP contribution in [0.25, 0.3) is 0 Å². The summed E-state index contributed by atoms with van der Waals surface area (Å²) >= 11 is 1.68. The molecule has 0 atom stereocenters. The fourth-order valence-electron chi connectivity index (χ4n) is 1.70. The SMILES string of the molecule is CCN(CC)CCSc1cccc(F)c1CN. The van der Waals surface area contributed by atoms with Gasteiger partial charge in [0.05, 0.1) is 0 Å². The Morgan fingerprint density at radius 1 is 1.29 bits per heavy atom. The lowest BCUT2D eigenvalue weighted by Crippen LogP contribution is -2.25. The van der Waals surface area contributed by atoms with Gasteiger partial charge >= 0.3 is 0 Å². The molecule has 17 heavy (non-hydrogen) atoms. The van der Waals surface area contributed by atoms with Crippen LogP contribution in [0.2, 0.25) is 0 Å². The van der Waals surface area contributed by atoms with Gasteiger partial charge in [0.2, 0.25) is 0 Å². The highest BCUT2D eigenvalue weighted by Crippen LogP contribution is 2.24. The Hall–Kier alpha value is -0.580. The molecule has 0 bridgehead atoms. The van der Waals surface area contributed by atoms with Crippen molar-refractivity contribution in [2.45, 2.75) is 25.3 Å². The maximum absolute atomic E-state index is 13.5. The quantitative estimate of drug-likeness (QED) is 0.761. The molecule has 2 N–H and O–H groups in total. The maximum Gasteiger partial charge on any atom is 0.128 e. The van der Waals surface area contributed by atoms with Crippen molar-refractivity contribution in [3.63, 3.8) is 0 Å². The van der Waals surface area contributed by atoms with Crippen LogP contribution in [0, 0.1) is 5.82 Å². The number of hydrogen-bond acceptors (Lipinski definition) is 3. The van der Waals surface area contributed by atoms with Gasteiger partial charge in [-0.1, -0.05) is 19.9 Å². The first-order valence-corrected chi connectivity index (χ1v) is 7.04. The van der Waals surface area contributed by atoms with Crippen molar-refractivity contribution in [3.05, 3.63) is 29.6 Å². The van der Waals surface area contributed by atoms with Crippen LogP contribution in [-0.4, -0.2) is 30.3 Å². The zero-order valence-corrected chi connectivity index (χ0v) is 11.4. The third kappa shape index (κ3) is 4.30. The van der Waals surface area contributed by atoms with E-state index in [0.29, 0.717) is 5.56 Å². The number of thioether (sulfide) groups is 1. The molecule has 0 aromatic heterocycles. The predicted molar refractivity (Wildman–Crippen MR) is 72.8 cm³/mol. The van der Waals surface area contributed by atoms with Crippen molar-refractivity contribution in [3.8, 4) is 0 Å². The first-order valence-electron chi connectivity index (χ1n) is 6.05. The minimum atomic E-state index is -0.194. The Morgan fingerprint density at radius 2 is 2.00 bits per heavy atom. The van der Waals surface area contributed by atoms with Crippen molar-refractivity contribution in [2.75, 3.05) is 25.4 Å². The van der Waals surface area contributed by atoms with Crippen LogP contribution in [0.5, 0.6) is 0 Å². The maximum atomic E-state index is 13.5. The molecule has 1 aromatic carbocycles. The van der Waals surface area contributed by atoms with Gasteiger partial charge in [-0.3, -0.25) is 0 Å². The molecule has 0 aliphatic rings. The van der Waals surface area contributed by atoms with E-state index in [-0.39, 0.29) is 12.4 Å². The van der Waals surface area contributed by atoms with E-state index in [1.807, 2.05) is 6.07 Å². The van der Waals surface area contributed by atoms with Crippen molar-refractivity contribution < 1.29 is 4.39 Å². The average molecular weight is 256 g/mol. The lowest BCUT2D eigenvalue weighted by Gasteiger charge is -2.17. The van der Waals surface area contributed by atoms with Crippen LogP contribution in [0.4, 0.5) is 4.39 Å². The van der Waals surface area contributed by atoms with Gasteiger partial charge < -0.3 is 10.6 Å². The second-order valence-corrected chi connectivity index (χ2v) is 4.93. The molecule has 0 aliphatic carbocycles. The first-order chi connectivity index (χ1) is 8.22. The molecule has 0 unspecified atom stereocenters. The second kappa shape index (κ2) is 7.69. The zero-order valence-electron chi connectivity index (χ0n) is 10.6. The van der Waals surface area contributed by atoms with Crippen LogP contribution < -0.4 is 5.73 Å². The summed E-state index contributed by atoms with van der Waals surface area (Å²) < 4.78 is 13.5. The van der Waals surface area contributed by atoms with Crippen LogP contribution in [-0.2, 0) is 6.54 Å². The molecule has 0 radical (unpaired) electrons. The van der Waals surface area contributed by atoms with E-state index in [2.05, 4.69) is 18.7 Å². The van der Waals surface area contributed by atoms with Gasteiger partial charge in [-0.15, -0.1) is 11.8 Å². The van der Waals surface area contributed by atoms with E-state index in [1.54, 1.807) is 17.8 Å². The predicted octanol–water partition coefficient (Wildman–Crippen LogP) is 2.72. The minimum Gasteiger partial charge on any atom is -0.326 e. The molecule has 4 heteroatoms. The van der Waals surface area contributed by atoms with Crippen LogP contribution in [0.3, 0.4) is 0 Å². The summed E-state index contributed by atoms with van der Waals surface area (Å²) in [5, 5.41) is 0. The molecule has 0 aliphatic heterocycles. The molecule has 1 rings (SSSR count).